The van der Waals surface area contributed by atoms with E-state index in [1.807, 2.05) is 0 Å². The quantitative estimate of drug-likeness (QED) is 0.699. The van der Waals surface area contributed by atoms with Crippen LogP contribution in [0.5, 0.6) is 0 Å². The van der Waals surface area contributed by atoms with Gasteiger partial charge in [0, 0.05) is 5.56 Å². The minimum absolute atomic E-state index is 0.182. The number of benzene rings is 2. The summed E-state index contributed by atoms with van der Waals surface area (Å²) in [6, 6.07) is 17.0. The Balaban J connectivity index is 1.62. The molecule has 4 aliphatic carbocycles. The Kier molecular flexibility index (Phi) is 4.81. The van der Waals surface area contributed by atoms with Gasteiger partial charge in [0.25, 0.3) is 5.91 Å². The van der Waals surface area contributed by atoms with Crippen LogP contribution in [0.1, 0.15) is 48.9 Å². The van der Waals surface area contributed by atoms with Crippen molar-refractivity contribution < 1.29 is 18.0 Å². The second-order valence-corrected chi connectivity index (χ2v) is 11.3. The normalized spacial score (nSPS) is 30.6. The Morgan fingerprint density at radius 3 is 2.03 bits per heavy atom. The second-order valence-electron chi connectivity index (χ2n) is 9.74. The number of hydrogen-bond acceptors (Lipinski definition) is 4. The van der Waals surface area contributed by atoms with Crippen molar-refractivity contribution in [1.82, 2.24) is 4.31 Å². The van der Waals surface area contributed by atoms with E-state index in [1.54, 1.807) is 60.7 Å². The van der Waals surface area contributed by atoms with E-state index in [-0.39, 0.29) is 24.2 Å². The van der Waals surface area contributed by atoms with Crippen LogP contribution in [0.4, 0.5) is 5.69 Å². The molecule has 0 radical (unpaired) electrons. The highest BCUT2D eigenvalue weighted by atomic mass is 32.2. The van der Waals surface area contributed by atoms with Gasteiger partial charge in [-0.1, -0.05) is 36.4 Å². The largest absolute Gasteiger partial charge is 0.369 e. The first-order chi connectivity index (χ1) is 15.2. The number of carbonyl (C=O) groups excluding carboxylic acids is 2. The van der Waals surface area contributed by atoms with Crippen molar-refractivity contribution in [3.63, 3.8) is 0 Å². The first-order valence-electron chi connectivity index (χ1n) is 11.0. The van der Waals surface area contributed by atoms with Crippen molar-refractivity contribution >= 4 is 27.7 Å². The lowest BCUT2D eigenvalue weighted by Gasteiger charge is -2.62. The van der Waals surface area contributed by atoms with Crippen LogP contribution in [0.15, 0.2) is 60.7 Å². The van der Waals surface area contributed by atoms with Crippen LogP contribution in [-0.2, 0) is 15.0 Å². The highest BCUT2D eigenvalue weighted by Gasteiger charge is 2.64. The summed E-state index contributed by atoms with van der Waals surface area (Å²) >= 11 is 0. The van der Waals surface area contributed by atoms with Crippen molar-refractivity contribution in [3.8, 4) is 0 Å². The zero-order valence-corrected chi connectivity index (χ0v) is 18.6. The summed E-state index contributed by atoms with van der Waals surface area (Å²) in [7, 11) is -4.26. The van der Waals surface area contributed by atoms with Gasteiger partial charge in [0.15, 0.2) is 0 Å². The number of nitrogens with one attached hydrogen (secondary N) is 1. The summed E-state index contributed by atoms with van der Waals surface area (Å²) < 4.78 is 31.2. The van der Waals surface area contributed by atoms with Gasteiger partial charge in [0.05, 0.1) is 16.6 Å². The fourth-order valence-electron chi connectivity index (χ4n) is 6.72. The SMILES string of the molecule is NC(=O)C12CC3CC(C1)CC(N(C(=O)c1ccccc1)S(=O)(=O)Nc1ccccc1)(C3)C2. The summed E-state index contributed by atoms with van der Waals surface area (Å²) in [5, 5.41) is 0. The molecule has 2 atom stereocenters. The van der Waals surface area contributed by atoms with E-state index in [0.29, 0.717) is 36.9 Å². The molecule has 0 heterocycles. The Labute approximate surface area is 188 Å². The van der Waals surface area contributed by atoms with Gasteiger partial charge in [0.2, 0.25) is 5.91 Å². The maximum absolute atomic E-state index is 13.8. The highest BCUT2D eigenvalue weighted by molar-refractivity contribution is 7.91. The minimum Gasteiger partial charge on any atom is -0.369 e. The number of primary amides is 1. The Morgan fingerprint density at radius 1 is 0.906 bits per heavy atom. The van der Waals surface area contributed by atoms with Crippen molar-refractivity contribution in [1.29, 1.82) is 0 Å². The number of amides is 2. The number of nitrogens with zero attached hydrogens (tertiary/aromatic N) is 1. The van der Waals surface area contributed by atoms with E-state index in [0.717, 1.165) is 10.7 Å². The molecule has 6 rings (SSSR count). The molecule has 2 amide bonds. The smallest absolute Gasteiger partial charge is 0.326 e. The molecule has 3 N–H and O–H groups in total. The lowest BCUT2D eigenvalue weighted by Crippen LogP contribution is -2.68. The van der Waals surface area contributed by atoms with Gasteiger partial charge in [-0.05, 0) is 74.6 Å². The maximum Gasteiger partial charge on any atom is 0.326 e. The Hall–Kier alpha value is -2.87. The van der Waals surface area contributed by atoms with Gasteiger partial charge >= 0.3 is 10.2 Å². The van der Waals surface area contributed by atoms with Crippen LogP contribution in [-0.4, -0.2) is 30.1 Å². The molecule has 4 fully saturated rings. The number of anilines is 1. The van der Waals surface area contributed by atoms with Gasteiger partial charge in [0.1, 0.15) is 0 Å². The molecular weight excluding hydrogens is 426 g/mol. The molecule has 2 unspecified atom stereocenters. The number of para-hydroxylation sites is 1. The molecule has 8 heteroatoms. The molecule has 168 valence electrons. The van der Waals surface area contributed by atoms with Crippen molar-refractivity contribution in [2.75, 3.05) is 4.72 Å². The second kappa shape index (κ2) is 7.33. The van der Waals surface area contributed by atoms with Crippen LogP contribution >= 0.6 is 0 Å². The fraction of sp³-hybridized carbons (Fsp3) is 0.417. The maximum atomic E-state index is 13.8. The predicted molar refractivity (Wildman–Crippen MR) is 121 cm³/mol. The average molecular weight is 454 g/mol. The molecule has 0 saturated heterocycles. The zero-order chi connectivity index (χ0) is 22.6. The van der Waals surface area contributed by atoms with Gasteiger partial charge in [-0.15, -0.1) is 0 Å². The summed E-state index contributed by atoms with van der Waals surface area (Å²) in [4.78, 5) is 26.3. The van der Waals surface area contributed by atoms with Crippen molar-refractivity contribution in [2.45, 2.75) is 44.1 Å². The molecule has 4 aliphatic rings. The number of nitrogens with two attached hydrogens (primary N) is 1. The predicted octanol–water partition coefficient (Wildman–Crippen LogP) is 3.31. The van der Waals surface area contributed by atoms with E-state index < -0.39 is 27.1 Å². The standard InChI is InChI=1S/C24H27N3O4S/c25-22(29)23-12-17-11-18(13-23)15-24(14-17,16-23)27(21(28)19-7-3-1-4-8-19)32(30,31)26-20-9-5-2-6-10-20/h1-10,17-18,26H,11-16H2,(H2,25,29). The number of rotatable bonds is 6. The summed E-state index contributed by atoms with van der Waals surface area (Å²) in [5.41, 5.74) is 4.83. The van der Waals surface area contributed by atoms with E-state index >= 15 is 0 Å². The molecule has 2 aromatic carbocycles. The van der Waals surface area contributed by atoms with E-state index in [4.69, 9.17) is 5.73 Å². The molecule has 0 aromatic heterocycles. The van der Waals surface area contributed by atoms with Crippen molar-refractivity contribution in [3.05, 3.63) is 66.2 Å². The van der Waals surface area contributed by atoms with Crippen LogP contribution in [0, 0.1) is 17.3 Å². The van der Waals surface area contributed by atoms with Gasteiger partial charge in [-0.2, -0.15) is 8.42 Å². The highest BCUT2D eigenvalue weighted by Crippen LogP contribution is 2.63. The van der Waals surface area contributed by atoms with Gasteiger partial charge < -0.3 is 5.73 Å². The van der Waals surface area contributed by atoms with E-state index in [2.05, 4.69) is 4.72 Å². The molecule has 7 nitrogen and oxygen atoms in total. The third-order valence-electron chi connectivity index (χ3n) is 7.45. The molecular formula is C24H27N3O4S. The van der Waals surface area contributed by atoms with E-state index in [1.165, 1.54) is 0 Å². The molecule has 32 heavy (non-hydrogen) atoms. The first kappa shape index (κ1) is 21.0. The average Bonchev–Trinajstić information content (AvgIpc) is 2.73. The third-order valence-corrected chi connectivity index (χ3v) is 8.98. The molecule has 0 aliphatic heterocycles. The van der Waals surface area contributed by atoms with Crippen molar-refractivity contribution in [2.24, 2.45) is 23.0 Å². The molecule has 2 aromatic rings. The fourth-order valence-corrected chi connectivity index (χ4v) is 8.29. The topological polar surface area (TPSA) is 110 Å². The lowest BCUT2D eigenvalue weighted by atomic mass is 9.46. The molecule has 0 spiro atoms. The molecule has 4 saturated carbocycles. The summed E-state index contributed by atoms with van der Waals surface area (Å²) in [6.45, 7) is 0. The van der Waals surface area contributed by atoms with Crippen LogP contribution in [0.2, 0.25) is 0 Å². The lowest BCUT2D eigenvalue weighted by molar-refractivity contribution is -0.151. The van der Waals surface area contributed by atoms with E-state index in [9.17, 15) is 18.0 Å². The Morgan fingerprint density at radius 2 is 1.47 bits per heavy atom. The van der Waals surface area contributed by atoms with Crippen LogP contribution < -0.4 is 10.5 Å². The number of hydrogen-bond donors (Lipinski definition) is 2. The summed E-state index contributed by atoms with van der Waals surface area (Å²) in [5.74, 6) is -0.587. The van der Waals surface area contributed by atoms with Crippen LogP contribution in [0.3, 0.4) is 0 Å². The monoisotopic (exact) mass is 453 g/mol. The first-order valence-corrected chi connectivity index (χ1v) is 12.4. The minimum atomic E-state index is -4.26. The van der Waals surface area contributed by atoms with Gasteiger partial charge in [-0.3, -0.25) is 14.3 Å². The number of carbonyl (C=O) groups is 2. The zero-order valence-electron chi connectivity index (χ0n) is 17.7. The summed E-state index contributed by atoms with van der Waals surface area (Å²) in [6.07, 6.45) is 3.73. The van der Waals surface area contributed by atoms with Crippen LogP contribution in [0.25, 0.3) is 0 Å². The van der Waals surface area contributed by atoms with Gasteiger partial charge in [-0.25, -0.2) is 4.31 Å². The molecule has 4 bridgehead atoms. The Bertz CT molecular complexity index is 1140. The third kappa shape index (κ3) is 3.37.